The number of benzene rings is 2. The van der Waals surface area contributed by atoms with E-state index in [9.17, 15) is 9.90 Å². The highest BCUT2D eigenvalue weighted by Crippen LogP contribution is 2.22. The number of carbonyl (C=O) groups excluding carboxylic acids is 1. The van der Waals surface area contributed by atoms with Crippen LogP contribution < -0.4 is 0 Å². The van der Waals surface area contributed by atoms with E-state index >= 15 is 0 Å². The van der Waals surface area contributed by atoms with E-state index in [2.05, 4.69) is 22.6 Å². The van der Waals surface area contributed by atoms with Crippen LogP contribution in [0.25, 0.3) is 0 Å². The lowest BCUT2D eigenvalue weighted by atomic mass is 10.0. The van der Waals surface area contributed by atoms with Crippen molar-refractivity contribution >= 4 is 28.5 Å². The zero-order valence-corrected chi connectivity index (χ0v) is 14.2. The molecule has 0 aliphatic heterocycles. The highest BCUT2D eigenvalue weighted by molar-refractivity contribution is 14.1. The van der Waals surface area contributed by atoms with Gasteiger partial charge in [0.1, 0.15) is 0 Å². The third-order valence-corrected chi connectivity index (χ3v) is 4.57. The minimum Gasteiger partial charge on any atom is -0.386 e. The molecule has 0 heterocycles. The van der Waals surface area contributed by atoms with Crippen LogP contribution in [-0.4, -0.2) is 29.0 Å². The monoisotopic (exact) mass is 395 g/mol. The Morgan fingerprint density at radius 3 is 2.29 bits per heavy atom. The number of amides is 1. The van der Waals surface area contributed by atoms with Gasteiger partial charge in [-0.1, -0.05) is 42.5 Å². The lowest BCUT2D eigenvalue weighted by Crippen LogP contribution is -2.39. The number of rotatable bonds is 4. The molecule has 21 heavy (non-hydrogen) atoms. The molecule has 1 amide bonds. The summed E-state index contributed by atoms with van der Waals surface area (Å²) in [6.45, 7) is 1.85. The van der Waals surface area contributed by atoms with Crippen molar-refractivity contribution in [3.63, 3.8) is 0 Å². The van der Waals surface area contributed by atoms with E-state index in [0.717, 1.165) is 9.13 Å². The molecule has 0 bridgehead atoms. The maximum Gasteiger partial charge on any atom is 0.255 e. The predicted molar refractivity (Wildman–Crippen MR) is 92.1 cm³/mol. The topological polar surface area (TPSA) is 40.5 Å². The Kier molecular flexibility index (Phi) is 5.36. The quantitative estimate of drug-likeness (QED) is 0.806. The average Bonchev–Trinajstić information content (AvgIpc) is 2.53. The number of aliphatic hydroxyl groups excluding tert-OH is 1. The molecule has 0 spiro atoms. The number of aliphatic hydroxyl groups is 1. The van der Waals surface area contributed by atoms with Gasteiger partial charge in [-0.15, -0.1) is 0 Å². The van der Waals surface area contributed by atoms with Crippen molar-refractivity contribution in [3.8, 4) is 0 Å². The number of hydrogen-bond donors (Lipinski definition) is 1. The molecule has 0 aromatic heterocycles. The second-order valence-electron chi connectivity index (χ2n) is 4.99. The second-order valence-corrected chi connectivity index (χ2v) is 6.15. The van der Waals surface area contributed by atoms with Crippen molar-refractivity contribution < 1.29 is 9.90 Å². The summed E-state index contributed by atoms with van der Waals surface area (Å²) in [6.07, 6.45) is -0.707. The standard InChI is InChI=1S/C17H18INO2/c1-12(16(20)13-8-4-3-5-9-13)19(2)17(21)14-10-6-7-11-15(14)18/h3-12,16,20H,1-2H3. The van der Waals surface area contributed by atoms with Crippen molar-refractivity contribution in [2.45, 2.75) is 19.1 Å². The van der Waals surface area contributed by atoms with Crippen LogP contribution in [0, 0.1) is 3.57 Å². The van der Waals surface area contributed by atoms with Gasteiger partial charge in [-0.05, 0) is 47.2 Å². The number of likely N-dealkylation sites (N-methyl/N-ethyl adjacent to an activating group) is 1. The molecule has 2 aromatic rings. The van der Waals surface area contributed by atoms with Crippen LogP contribution in [0.2, 0.25) is 0 Å². The SMILES string of the molecule is CC(C(O)c1ccccc1)N(C)C(=O)c1ccccc1I. The van der Waals surface area contributed by atoms with Gasteiger partial charge in [0.25, 0.3) is 5.91 Å². The van der Waals surface area contributed by atoms with Gasteiger partial charge >= 0.3 is 0 Å². The molecule has 0 aliphatic rings. The van der Waals surface area contributed by atoms with Gasteiger partial charge in [-0.25, -0.2) is 0 Å². The van der Waals surface area contributed by atoms with Crippen LogP contribution in [0.1, 0.15) is 28.9 Å². The third kappa shape index (κ3) is 3.63. The Labute approximate surface area is 138 Å². The highest BCUT2D eigenvalue weighted by atomic mass is 127. The molecule has 0 aliphatic carbocycles. The van der Waals surface area contributed by atoms with Crippen molar-refractivity contribution in [1.29, 1.82) is 0 Å². The van der Waals surface area contributed by atoms with E-state index in [-0.39, 0.29) is 11.9 Å². The fourth-order valence-electron chi connectivity index (χ4n) is 2.15. The van der Waals surface area contributed by atoms with E-state index in [1.807, 2.05) is 61.5 Å². The Bertz CT molecular complexity index is 615. The molecule has 1 N–H and O–H groups in total. The first kappa shape index (κ1) is 16.0. The number of nitrogens with zero attached hydrogens (tertiary/aromatic N) is 1. The summed E-state index contributed by atoms with van der Waals surface area (Å²) in [5, 5.41) is 10.4. The minimum atomic E-state index is -0.707. The number of hydrogen-bond acceptors (Lipinski definition) is 2. The van der Waals surface area contributed by atoms with Crippen LogP contribution in [-0.2, 0) is 0 Å². The first-order valence-electron chi connectivity index (χ1n) is 6.77. The average molecular weight is 395 g/mol. The lowest BCUT2D eigenvalue weighted by Gasteiger charge is -2.29. The van der Waals surface area contributed by atoms with E-state index < -0.39 is 6.10 Å². The van der Waals surface area contributed by atoms with Gasteiger partial charge < -0.3 is 10.0 Å². The molecule has 2 unspecified atom stereocenters. The molecule has 0 saturated heterocycles. The van der Waals surface area contributed by atoms with E-state index in [4.69, 9.17) is 0 Å². The second kappa shape index (κ2) is 7.04. The molecule has 2 aromatic carbocycles. The fraction of sp³-hybridized carbons (Fsp3) is 0.235. The van der Waals surface area contributed by atoms with E-state index in [1.54, 1.807) is 11.9 Å². The minimum absolute atomic E-state index is 0.0810. The summed E-state index contributed by atoms with van der Waals surface area (Å²) >= 11 is 2.15. The molecule has 0 saturated carbocycles. The summed E-state index contributed by atoms with van der Waals surface area (Å²) in [7, 11) is 1.72. The summed E-state index contributed by atoms with van der Waals surface area (Å²) in [5.74, 6) is -0.0810. The molecular formula is C17H18INO2. The van der Waals surface area contributed by atoms with Crippen LogP contribution >= 0.6 is 22.6 Å². The lowest BCUT2D eigenvalue weighted by molar-refractivity contribution is 0.0486. The first-order chi connectivity index (χ1) is 10.0. The van der Waals surface area contributed by atoms with Gasteiger partial charge in [0.05, 0.1) is 17.7 Å². The van der Waals surface area contributed by atoms with Gasteiger partial charge in [0.15, 0.2) is 0 Å². The molecule has 4 heteroatoms. The molecule has 110 valence electrons. The Morgan fingerprint density at radius 1 is 1.10 bits per heavy atom. The first-order valence-corrected chi connectivity index (χ1v) is 7.85. The smallest absolute Gasteiger partial charge is 0.255 e. The van der Waals surface area contributed by atoms with Crippen molar-refractivity contribution in [1.82, 2.24) is 4.90 Å². The zero-order chi connectivity index (χ0) is 15.4. The Balaban J connectivity index is 2.18. The van der Waals surface area contributed by atoms with Crippen LogP contribution in [0.15, 0.2) is 54.6 Å². The molecule has 2 atom stereocenters. The number of halogens is 1. The fourth-order valence-corrected chi connectivity index (χ4v) is 2.77. The third-order valence-electron chi connectivity index (χ3n) is 3.63. The molecule has 0 fully saturated rings. The van der Waals surface area contributed by atoms with Crippen molar-refractivity contribution in [3.05, 3.63) is 69.3 Å². The molecule has 3 nitrogen and oxygen atoms in total. The summed E-state index contributed by atoms with van der Waals surface area (Å²) < 4.78 is 0.911. The summed E-state index contributed by atoms with van der Waals surface area (Å²) in [5.41, 5.74) is 1.47. The van der Waals surface area contributed by atoms with Gasteiger partial charge in [-0.3, -0.25) is 4.79 Å². The van der Waals surface area contributed by atoms with Gasteiger partial charge in [-0.2, -0.15) is 0 Å². The Morgan fingerprint density at radius 2 is 1.67 bits per heavy atom. The van der Waals surface area contributed by atoms with E-state index in [1.165, 1.54) is 0 Å². The molecule has 0 radical (unpaired) electrons. The predicted octanol–water partition coefficient (Wildman–Crippen LogP) is 3.49. The van der Waals surface area contributed by atoms with Crippen LogP contribution in [0.5, 0.6) is 0 Å². The van der Waals surface area contributed by atoms with Gasteiger partial charge in [0, 0.05) is 10.6 Å². The van der Waals surface area contributed by atoms with E-state index in [0.29, 0.717) is 5.56 Å². The van der Waals surface area contributed by atoms with Crippen molar-refractivity contribution in [2.75, 3.05) is 7.05 Å². The van der Waals surface area contributed by atoms with Crippen molar-refractivity contribution in [2.24, 2.45) is 0 Å². The normalized spacial score (nSPS) is 13.5. The summed E-state index contributed by atoms with van der Waals surface area (Å²) in [6, 6.07) is 16.6. The number of carbonyl (C=O) groups is 1. The van der Waals surface area contributed by atoms with Crippen LogP contribution in [0.4, 0.5) is 0 Å². The maximum absolute atomic E-state index is 12.6. The Hall–Kier alpha value is -1.40. The van der Waals surface area contributed by atoms with Gasteiger partial charge in [0.2, 0.25) is 0 Å². The highest BCUT2D eigenvalue weighted by Gasteiger charge is 2.25. The maximum atomic E-state index is 12.6. The summed E-state index contributed by atoms with van der Waals surface area (Å²) in [4.78, 5) is 14.1. The largest absolute Gasteiger partial charge is 0.386 e. The molecule has 2 rings (SSSR count). The molecular weight excluding hydrogens is 377 g/mol. The van der Waals surface area contributed by atoms with Crippen LogP contribution in [0.3, 0.4) is 0 Å². The zero-order valence-electron chi connectivity index (χ0n) is 12.0.